The van der Waals surface area contributed by atoms with E-state index in [1.807, 2.05) is 7.05 Å². The molecule has 0 aliphatic carbocycles. The molecule has 2 aromatic rings. The van der Waals surface area contributed by atoms with Crippen LogP contribution in [0.15, 0.2) is 33.4 Å². The van der Waals surface area contributed by atoms with Crippen molar-refractivity contribution in [1.82, 2.24) is 10.5 Å². The summed E-state index contributed by atoms with van der Waals surface area (Å²) in [6.45, 7) is 0.588. The van der Waals surface area contributed by atoms with Crippen LogP contribution >= 0.6 is 15.9 Å². The van der Waals surface area contributed by atoms with E-state index >= 15 is 0 Å². The number of hydrogen-bond acceptors (Lipinski definition) is 3. The maximum absolute atomic E-state index is 13.6. The lowest BCUT2D eigenvalue weighted by Gasteiger charge is -2.02. The highest BCUT2D eigenvalue weighted by Crippen LogP contribution is 2.28. The second-order valence-corrected chi connectivity index (χ2v) is 4.25. The summed E-state index contributed by atoms with van der Waals surface area (Å²) >= 11 is 3.30. The maximum atomic E-state index is 13.6. The van der Waals surface area contributed by atoms with Crippen LogP contribution in [-0.4, -0.2) is 12.2 Å². The molecule has 3 nitrogen and oxygen atoms in total. The number of aromatic nitrogens is 1. The van der Waals surface area contributed by atoms with Crippen LogP contribution in [0, 0.1) is 5.82 Å². The molecule has 0 aliphatic heterocycles. The van der Waals surface area contributed by atoms with E-state index in [0.29, 0.717) is 17.9 Å². The van der Waals surface area contributed by atoms with Gasteiger partial charge >= 0.3 is 0 Å². The summed E-state index contributed by atoms with van der Waals surface area (Å²) in [6, 6.07) is 4.72. The van der Waals surface area contributed by atoms with E-state index < -0.39 is 0 Å². The third kappa shape index (κ3) is 2.15. The Morgan fingerprint density at radius 1 is 1.50 bits per heavy atom. The first-order valence-corrected chi connectivity index (χ1v) is 5.55. The smallest absolute Gasteiger partial charge is 0.174 e. The van der Waals surface area contributed by atoms with Crippen molar-refractivity contribution >= 4 is 15.9 Å². The predicted molar refractivity (Wildman–Crippen MR) is 62.4 cm³/mol. The highest BCUT2D eigenvalue weighted by atomic mass is 79.9. The number of nitrogens with one attached hydrogen (secondary N) is 1. The van der Waals surface area contributed by atoms with Crippen LogP contribution in [0.5, 0.6) is 0 Å². The van der Waals surface area contributed by atoms with Crippen LogP contribution in [0.4, 0.5) is 4.39 Å². The molecule has 0 radical (unpaired) electrons. The van der Waals surface area contributed by atoms with Crippen molar-refractivity contribution in [3.8, 4) is 11.3 Å². The average Bonchev–Trinajstić information content (AvgIpc) is 2.70. The Balaban J connectivity index is 2.49. The molecule has 0 saturated heterocycles. The van der Waals surface area contributed by atoms with Crippen LogP contribution in [0.3, 0.4) is 0 Å². The number of benzene rings is 1. The molecular weight excluding hydrogens is 275 g/mol. The molecule has 84 valence electrons. The third-order valence-corrected chi connectivity index (χ3v) is 2.68. The number of nitrogens with zero attached hydrogens (tertiary/aromatic N) is 1. The van der Waals surface area contributed by atoms with Gasteiger partial charge in [-0.1, -0.05) is 21.1 Å². The number of rotatable bonds is 3. The molecular formula is C11H10BrFN2O. The zero-order valence-corrected chi connectivity index (χ0v) is 10.2. The van der Waals surface area contributed by atoms with Crippen LogP contribution < -0.4 is 5.32 Å². The van der Waals surface area contributed by atoms with E-state index in [-0.39, 0.29) is 5.82 Å². The molecule has 0 spiro atoms. The Morgan fingerprint density at radius 3 is 3.06 bits per heavy atom. The topological polar surface area (TPSA) is 38.1 Å². The van der Waals surface area contributed by atoms with Crippen LogP contribution in [-0.2, 0) is 6.54 Å². The van der Waals surface area contributed by atoms with E-state index in [9.17, 15) is 4.39 Å². The summed E-state index contributed by atoms with van der Waals surface area (Å²) in [7, 11) is 1.81. The standard InChI is InChI=1S/C11H10BrFN2O/c1-14-5-7-6-15-16-11(7)9-4-8(12)2-3-10(9)13/h2-4,6,14H,5H2,1H3. The molecule has 0 atom stereocenters. The summed E-state index contributed by atoms with van der Waals surface area (Å²) < 4.78 is 19.5. The van der Waals surface area contributed by atoms with Gasteiger partial charge in [0.05, 0.1) is 11.8 Å². The Hall–Kier alpha value is -1.20. The molecule has 1 N–H and O–H groups in total. The summed E-state index contributed by atoms with van der Waals surface area (Å²) in [5.41, 5.74) is 1.25. The average molecular weight is 285 g/mol. The van der Waals surface area contributed by atoms with Gasteiger partial charge in [0.2, 0.25) is 0 Å². The van der Waals surface area contributed by atoms with Crippen molar-refractivity contribution < 1.29 is 8.91 Å². The first-order valence-electron chi connectivity index (χ1n) is 4.76. The van der Waals surface area contributed by atoms with Crippen molar-refractivity contribution in [3.05, 3.63) is 40.2 Å². The van der Waals surface area contributed by atoms with Crippen molar-refractivity contribution in [2.24, 2.45) is 0 Å². The maximum Gasteiger partial charge on any atom is 0.174 e. The van der Waals surface area contributed by atoms with E-state index in [1.54, 1.807) is 18.3 Å². The normalized spacial score (nSPS) is 10.7. The molecule has 1 heterocycles. The van der Waals surface area contributed by atoms with E-state index in [4.69, 9.17) is 4.52 Å². The van der Waals surface area contributed by atoms with Gasteiger partial charge in [0.1, 0.15) is 5.82 Å². The van der Waals surface area contributed by atoms with Crippen LogP contribution in [0.25, 0.3) is 11.3 Å². The monoisotopic (exact) mass is 284 g/mol. The van der Waals surface area contributed by atoms with Gasteiger partial charge in [-0.25, -0.2) is 4.39 Å². The zero-order valence-electron chi connectivity index (χ0n) is 8.63. The van der Waals surface area contributed by atoms with E-state index in [0.717, 1.165) is 10.0 Å². The van der Waals surface area contributed by atoms with E-state index in [2.05, 4.69) is 26.4 Å². The first-order chi connectivity index (χ1) is 7.72. The van der Waals surface area contributed by atoms with Crippen molar-refractivity contribution in [2.75, 3.05) is 7.05 Å². The van der Waals surface area contributed by atoms with Crippen LogP contribution in [0.1, 0.15) is 5.56 Å². The molecule has 0 bridgehead atoms. The van der Waals surface area contributed by atoms with Crippen LogP contribution in [0.2, 0.25) is 0 Å². The minimum Gasteiger partial charge on any atom is -0.356 e. The third-order valence-electron chi connectivity index (χ3n) is 2.18. The summed E-state index contributed by atoms with van der Waals surface area (Å²) in [5, 5.41) is 6.67. The summed E-state index contributed by atoms with van der Waals surface area (Å²) in [4.78, 5) is 0. The molecule has 0 amide bonds. The zero-order chi connectivity index (χ0) is 11.5. The Labute approximate surface area is 101 Å². The molecule has 0 fully saturated rings. The van der Waals surface area contributed by atoms with Crippen molar-refractivity contribution in [2.45, 2.75) is 6.54 Å². The number of halogens is 2. The molecule has 16 heavy (non-hydrogen) atoms. The van der Waals surface area contributed by atoms with Gasteiger partial charge in [0, 0.05) is 16.6 Å². The molecule has 1 aromatic carbocycles. The lowest BCUT2D eigenvalue weighted by atomic mass is 10.1. The van der Waals surface area contributed by atoms with Gasteiger partial charge in [-0.2, -0.15) is 0 Å². The molecule has 0 aliphatic rings. The molecule has 1 aromatic heterocycles. The summed E-state index contributed by atoms with van der Waals surface area (Å²) in [6.07, 6.45) is 1.59. The molecule has 2 rings (SSSR count). The fraction of sp³-hybridized carbons (Fsp3) is 0.182. The van der Waals surface area contributed by atoms with Gasteiger partial charge < -0.3 is 9.84 Å². The van der Waals surface area contributed by atoms with Gasteiger partial charge in [-0.05, 0) is 25.2 Å². The SMILES string of the molecule is CNCc1cnoc1-c1cc(Br)ccc1F. The molecule has 5 heteroatoms. The highest BCUT2D eigenvalue weighted by molar-refractivity contribution is 9.10. The van der Waals surface area contributed by atoms with Crippen molar-refractivity contribution in [3.63, 3.8) is 0 Å². The first kappa shape index (κ1) is 11.3. The minimum atomic E-state index is -0.322. The predicted octanol–water partition coefficient (Wildman–Crippen LogP) is 2.96. The van der Waals surface area contributed by atoms with Gasteiger partial charge in [0.25, 0.3) is 0 Å². The summed E-state index contributed by atoms with van der Waals surface area (Å²) in [5.74, 6) is 0.144. The fourth-order valence-corrected chi connectivity index (χ4v) is 1.83. The Bertz CT molecular complexity index is 498. The highest BCUT2D eigenvalue weighted by Gasteiger charge is 2.14. The second kappa shape index (κ2) is 4.76. The molecule has 0 unspecified atom stereocenters. The fourth-order valence-electron chi connectivity index (χ4n) is 1.47. The molecule has 0 saturated carbocycles. The Morgan fingerprint density at radius 2 is 2.31 bits per heavy atom. The lowest BCUT2D eigenvalue weighted by molar-refractivity contribution is 0.429. The van der Waals surface area contributed by atoms with Gasteiger partial charge in [-0.15, -0.1) is 0 Å². The van der Waals surface area contributed by atoms with E-state index in [1.165, 1.54) is 6.07 Å². The quantitative estimate of drug-likeness (QED) is 0.942. The van der Waals surface area contributed by atoms with Crippen molar-refractivity contribution in [1.29, 1.82) is 0 Å². The van der Waals surface area contributed by atoms with Gasteiger partial charge in [-0.3, -0.25) is 0 Å². The lowest BCUT2D eigenvalue weighted by Crippen LogP contribution is -2.05. The Kier molecular flexibility index (Phi) is 3.36. The minimum absolute atomic E-state index is 0.322. The largest absolute Gasteiger partial charge is 0.356 e. The second-order valence-electron chi connectivity index (χ2n) is 3.33. The number of hydrogen-bond donors (Lipinski definition) is 1. The van der Waals surface area contributed by atoms with Gasteiger partial charge in [0.15, 0.2) is 5.76 Å².